The van der Waals surface area contributed by atoms with E-state index in [2.05, 4.69) is 5.32 Å². The summed E-state index contributed by atoms with van der Waals surface area (Å²) < 4.78 is 25.4. The van der Waals surface area contributed by atoms with Crippen molar-refractivity contribution in [3.05, 3.63) is 38.9 Å². The third-order valence-electron chi connectivity index (χ3n) is 2.17. The first-order valence-corrected chi connectivity index (χ1v) is 5.36. The molecule has 0 aliphatic rings. The number of hydrogen-bond donors (Lipinski definition) is 2. The molecule has 0 aromatic heterocycles. The molecule has 8 heteroatoms. The molecule has 0 aliphatic heterocycles. The van der Waals surface area contributed by atoms with Gasteiger partial charge in [0.2, 0.25) is 0 Å². The maximum Gasteiger partial charge on any atom is 0.282 e. The second-order valence-electron chi connectivity index (χ2n) is 3.65. The normalized spacial score (nSPS) is 11.6. The Morgan fingerprint density at radius 2 is 2.17 bits per heavy atom. The minimum absolute atomic E-state index is 0.132. The zero-order chi connectivity index (χ0) is 13.8. The maximum absolute atomic E-state index is 12.7. The zero-order valence-corrected chi connectivity index (χ0v) is 9.95. The summed E-state index contributed by atoms with van der Waals surface area (Å²) in [5.41, 5.74) is 0.0143. The first-order valence-electron chi connectivity index (χ1n) is 4.98. The van der Waals surface area contributed by atoms with Crippen molar-refractivity contribution in [1.82, 2.24) is 5.32 Å². The molecule has 0 aliphatic carbocycles. The average molecular weight is 281 g/mol. The Morgan fingerprint density at radius 1 is 1.50 bits per heavy atom. The van der Waals surface area contributed by atoms with Crippen LogP contribution in [0.4, 0.5) is 14.5 Å². The van der Waals surface area contributed by atoms with Gasteiger partial charge in [0.15, 0.2) is 0 Å². The lowest BCUT2D eigenvalue weighted by Crippen LogP contribution is -2.35. The summed E-state index contributed by atoms with van der Waals surface area (Å²) in [4.78, 5) is 10.1. The highest BCUT2D eigenvalue weighted by molar-refractivity contribution is 6.30. The van der Waals surface area contributed by atoms with E-state index in [0.29, 0.717) is 0 Å². The molecule has 2 N–H and O–H groups in total. The molecule has 0 saturated carbocycles. The van der Waals surface area contributed by atoms with Gasteiger partial charge in [0.25, 0.3) is 11.6 Å². The van der Waals surface area contributed by atoms with Crippen LogP contribution in [0.3, 0.4) is 0 Å². The van der Waals surface area contributed by atoms with Crippen LogP contribution in [-0.2, 0) is 6.54 Å². The molecule has 0 bridgehead atoms. The summed E-state index contributed by atoms with van der Waals surface area (Å²) in [5.74, 6) is -3.26. The topological polar surface area (TPSA) is 75.4 Å². The fraction of sp³-hybridized carbons (Fsp3) is 0.400. The Hall–Kier alpha value is -1.31. The summed E-state index contributed by atoms with van der Waals surface area (Å²) in [6, 6.07) is 3.90. The highest BCUT2D eigenvalue weighted by Crippen LogP contribution is 2.22. The predicted molar refractivity (Wildman–Crippen MR) is 61.8 cm³/mol. The maximum atomic E-state index is 12.7. The number of aliphatic hydroxyl groups excluding tert-OH is 1. The van der Waals surface area contributed by atoms with Crippen LogP contribution in [0, 0.1) is 10.1 Å². The molecule has 0 radical (unpaired) electrons. The highest BCUT2D eigenvalue weighted by Gasteiger charge is 2.27. The highest BCUT2D eigenvalue weighted by atomic mass is 35.5. The lowest BCUT2D eigenvalue weighted by atomic mass is 10.2. The van der Waals surface area contributed by atoms with Crippen molar-refractivity contribution in [2.24, 2.45) is 0 Å². The van der Waals surface area contributed by atoms with Gasteiger partial charge >= 0.3 is 0 Å². The van der Waals surface area contributed by atoms with E-state index in [9.17, 15) is 18.9 Å². The van der Waals surface area contributed by atoms with Crippen LogP contribution in [0.1, 0.15) is 5.56 Å². The number of hydrogen-bond acceptors (Lipinski definition) is 4. The van der Waals surface area contributed by atoms with Gasteiger partial charge < -0.3 is 10.4 Å². The van der Waals surface area contributed by atoms with E-state index in [1.54, 1.807) is 0 Å². The fourth-order valence-electron chi connectivity index (χ4n) is 1.31. The Balaban J connectivity index is 2.72. The summed E-state index contributed by atoms with van der Waals surface area (Å²) in [7, 11) is 0. The number of nitrogens with zero attached hydrogens (tertiary/aromatic N) is 1. The number of nitro benzene ring substituents is 1. The quantitative estimate of drug-likeness (QED) is 0.617. The van der Waals surface area contributed by atoms with E-state index >= 15 is 0 Å². The molecule has 0 unspecified atom stereocenters. The summed E-state index contributed by atoms with van der Waals surface area (Å²) >= 11 is 5.68. The summed E-state index contributed by atoms with van der Waals surface area (Å²) in [6.07, 6.45) is 0. The van der Waals surface area contributed by atoms with Crippen LogP contribution in [0.25, 0.3) is 0 Å². The number of rotatable bonds is 6. The van der Waals surface area contributed by atoms with Crippen LogP contribution in [0.15, 0.2) is 18.2 Å². The summed E-state index contributed by atoms with van der Waals surface area (Å²) in [5, 5.41) is 21.7. The first-order chi connectivity index (χ1) is 8.35. The number of alkyl halides is 2. The first kappa shape index (κ1) is 14.7. The van der Waals surface area contributed by atoms with Gasteiger partial charge in [-0.3, -0.25) is 10.1 Å². The van der Waals surface area contributed by atoms with Gasteiger partial charge in [0, 0.05) is 23.2 Å². The molecule has 0 atom stereocenters. The van der Waals surface area contributed by atoms with Gasteiger partial charge in [-0.05, 0) is 12.1 Å². The third kappa shape index (κ3) is 4.17. The Bertz CT molecular complexity index is 443. The molecule has 18 heavy (non-hydrogen) atoms. The SMILES string of the molecule is O=[N+]([O-])c1ccc(Cl)cc1CNCC(F)(F)CO. The standard InChI is InChI=1S/C10H11ClF2N2O3/c11-8-1-2-9(15(17)18)7(3-8)4-14-5-10(12,13)6-16/h1-3,14,16H,4-6H2. The smallest absolute Gasteiger partial charge is 0.282 e. The van der Waals surface area contributed by atoms with Crippen molar-refractivity contribution in [1.29, 1.82) is 0 Å². The number of benzene rings is 1. The second kappa shape index (κ2) is 6.03. The van der Waals surface area contributed by atoms with Crippen molar-refractivity contribution in [2.75, 3.05) is 13.2 Å². The third-order valence-corrected chi connectivity index (χ3v) is 2.40. The van der Waals surface area contributed by atoms with Crippen molar-refractivity contribution in [3.63, 3.8) is 0 Å². The van der Waals surface area contributed by atoms with E-state index in [1.807, 2.05) is 0 Å². The van der Waals surface area contributed by atoms with Crippen LogP contribution < -0.4 is 5.32 Å². The fourth-order valence-corrected chi connectivity index (χ4v) is 1.50. The van der Waals surface area contributed by atoms with Crippen LogP contribution in [0.5, 0.6) is 0 Å². The number of nitrogens with one attached hydrogen (secondary N) is 1. The van der Waals surface area contributed by atoms with Gasteiger partial charge in [-0.15, -0.1) is 0 Å². The Kier molecular flexibility index (Phi) is 4.94. The zero-order valence-electron chi connectivity index (χ0n) is 9.20. The molecule has 0 amide bonds. The van der Waals surface area contributed by atoms with Gasteiger partial charge in [-0.2, -0.15) is 0 Å². The molecule has 1 aromatic carbocycles. The van der Waals surface area contributed by atoms with Crippen molar-refractivity contribution < 1.29 is 18.8 Å². The molecular weight excluding hydrogens is 270 g/mol. The minimum atomic E-state index is -3.26. The van der Waals surface area contributed by atoms with E-state index in [4.69, 9.17) is 16.7 Å². The predicted octanol–water partition coefficient (Wildman–Crippen LogP) is 1.97. The second-order valence-corrected chi connectivity index (χ2v) is 4.08. The number of nitro groups is 1. The molecule has 0 fully saturated rings. The Morgan fingerprint density at radius 3 is 2.72 bits per heavy atom. The number of halogens is 3. The van der Waals surface area contributed by atoms with Crippen molar-refractivity contribution in [2.45, 2.75) is 12.5 Å². The molecule has 1 rings (SSSR count). The lowest BCUT2D eigenvalue weighted by molar-refractivity contribution is -0.385. The van der Waals surface area contributed by atoms with E-state index in [0.717, 1.165) is 0 Å². The van der Waals surface area contributed by atoms with E-state index < -0.39 is 24.0 Å². The summed E-state index contributed by atoms with van der Waals surface area (Å²) in [6.45, 7) is -2.18. The Labute approximate surface area is 107 Å². The lowest BCUT2D eigenvalue weighted by Gasteiger charge is -2.14. The molecule has 0 spiro atoms. The molecular formula is C10H11ClF2N2O3. The van der Waals surface area contributed by atoms with Gasteiger partial charge in [-0.1, -0.05) is 11.6 Å². The van der Waals surface area contributed by atoms with Crippen LogP contribution >= 0.6 is 11.6 Å². The van der Waals surface area contributed by atoms with Crippen molar-refractivity contribution in [3.8, 4) is 0 Å². The monoisotopic (exact) mass is 280 g/mol. The number of aliphatic hydroxyl groups is 1. The van der Waals surface area contributed by atoms with Gasteiger partial charge in [-0.25, -0.2) is 8.78 Å². The molecule has 0 heterocycles. The van der Waals surface area contributed by atoms with Gasteiger partial charge in [0.1, 0.15) is 6.61 Å². The average Bonchev–Trinajstić information content (AvgIpc) is 2.28. The molecule has 5 nitrogen and oxygen atoms in total. The largest absolute Gasteiger partial charge is 0.390 e. The van der Waals surface area contributed by atoms with Crippen LogP contribution in [-0.4, -0.2) is 29.1 Å². The molecule has 0 saturated heterocycles. The minimum Gasteiger partial charge on any atom is -0.390 e. The van der Waals surface area contributed by atoms with Crippen LogP contribution in [0.2, 0.25) is 5.02 Å². The van der Waals surface area contributed by atoms with Gasteiger partial charge in [0.05, 0.1) is 11.5 Å². The van der Waals surface area contributed by atoms with E-state index in [1.165, 1.54) is 18.2 Å². The van der Waals surface area contributed by atoms with E-state index in [-0.39, 0.29) is 22.8 Å². The molecule has 100 valence electrons. The van der Waals surface area contributed by atoms with Crippen molar-refractivity contribution >= 4 is 17.3 Å². The molecule has 1 aromatic rings.